The quantitative estimate of drug-likeness (QED) is 0.853. The molecule has 0 radical (unpaired) electrons. The smallest absolute Gasteiger partial charge is 0.408 e. The molecule has 0 aliphatic rings. The number of hydrogen-bond acceptors (Lipinski definition) is 3. The first kappa shape index (κ1) is 20.1. The zero-order chi connectivity index (χ0) is 18.5. The van der Waals surface area contributed by atoms with Crippen LogP contribution in [-0.4, -0.2) is 41.8 Å². The van der Waals surface area contributed by atoms with Gasteiger partial charge < -0.3 is 20.3 Å². The third-order valence-corrected chi connectivity index (χ3v) is 3.13. The molecule has 3 amide bonds. The van der Waals surface area contributed by atoms with Gasteiger partial charge in [-0.3, -0.25) is 0 Å². The van der Waals surface area contributed by atoms with Crippen molar-refractivity contribution >= 4 is 29.4 Å². The molecule has 1 aromatic carbocycles. The van der Waals surface area contributed by atoms with Crippen LogP contribution < -0.4 is 10.6 Å². The van der Waals surface area contributed by atoms with E-state index in [1.807, 2.05) is 13.8 Å². The van der Waals surface area contributed by atoms with E-state index in [4.69, 9.17) is 16.3 Å². The lowest BCUT2D eigenvalue weighted by Gasteiger charge is -2.32. The second kappa shape index (κ2) is 7.75. The molecule has 0 spiro atoms. The SMILES string of the molecule is CN(CC(C)(C)NC(=O)OC(C)(C)C)C(=O)Nc1cccc(Cl)c1. The highest BCUT2D eigenvalue weighted by atomic mass is 35.5. The standard InChI is InChI=1S/C17H26ClN3O3/c1-16(2,3)24-15(23)20-17(4,5)11-21(6)14(22)19-13-9-7-8-12(18)10-13/h7-10H,11H2,1-6H3,(H,19,22)(H,20,23). The molecule has 0 atom stereocenters. The van der Waals surface area contributed by atoms with Crippen LogP contribution in [0.5, 0.6) is 0 Å². The fourth-order valence-corrected chi connectivity index (χ4v) is 2.26. The van der Waals surface area contributed by atoms with E-state index in [1.165, 1.54) is 4.90 Å². The van der Waals surface area contributed by atoms with Gasteiger partial charge in [0.25, 0.3) is 0 Å². The lowest BCUT2D eigenvalue weighted by molar-refractivity contribution is 0.0460. The van der Waals surface area contributed by atoms with Crippen LogP contribution in [0.2, 0.25) is 5.02 Å². The Morgan fingerprint density at radius 1 is 1.21 bits per heavy atom. The van der Waals surface area contributed by atoms with E-state index >= 15 is 0 Å². The van der Waals surface area contributed by atoms with Crippen LogP contribution in [0.4, 0.5) is 15.3 Å². The topological polar surface area (TPSA) is 70.7 Å². The molecular weight excluding hydrogens is 330 g/mol. The lowest BCUT2D eigenvalue weighted by atomic mass is 10.1. The summed E-state index contributed by atoms with van der Waals surface area (Å²) in [4.78, 5) is 25.6. The molecule has 0 aliphatic heterocycles. The Balaban J connectivity index is 2.59. The molecule has 2 N–H and O–H groups in total. The summed E-state index contributed by atoms with van der Waals surface area (Å²) in [5, 5.41) is 6.07. The van der Waals surface area contributed by atoms with Crippen molar-refractivity contribution in [1.82, 2.24) is 10.2 Å². The van der Waals surface area contributed by atoms with Crippen molar-refractivity contribution in [2.45, 2.75) is 45.8 Å². The summed E-state index contributed by atoms with van der Waals surface area (Å²) >= 11 is 5.90. The first-order valence-corrected chi connectivity index (χ1v) is 8.05. The van der Waals surface area contributed by atoms with Gasteiger partial charge in [-0.15, -0.1) is 0 Å². The largest absolute Gasteiger partial charge is 0.444 e. The summed E-state index contributed by atoms with van der Waals surface area (Å²) in [6.45, 7) is 9.33. The van der Waals surface area contributed by atoms with Gasteiger partial charge in [-0.05, 0) is 52.8 Å². The Bertz CT molecular complexity index is 597. The predicted octanol–water partition coefficient (Wildman–Crippen LogP) is 4.11. The molecular formula is C17H26ClN3O3. The summed E-state index contributed by atoms with van der Waals surface area (Å²) < 4.78 is 5.24. The number of ether oxygens (including phenoxy) is 1. The zero-order valence-electron chi connectivity index (χ0n) is 15.1. The fraction of sp³-hybridized carbons (Fsp3) is 0.529. The van der Waals surface area contributed by atoms with Crippen LogP contribution in [0.3, 0.4) is 0 Å². The van der Waals surface area contributed by atoms with Crippen molar-refractivity contribution < 1.29 is 14.3 Å². The van der Waals surface area contributed by atoms with Crippen LogP contribution in [0.1, 0.15) is 34.6 Å². The number of rotatable bonds is 4. The van der Waals surface area contributed by atoms with Crippen LogP contribution in [0.25, 0.3) is 0 Å². The number of likely N-dealkylation sites (N-methyl/N-ethyl adjacent to an activating group) is 1. The van der Waals surface area contributed by atoms with Gasteiger partial charge in [0.2, 0.25) is 0 Å². The van der Waals surface area contributed by atoms with E-state index < -0.39 is 17.2 Å². The van der Waals surface area contributed by atoms with E-state index in [9.17, 15) is 9.59 Å². The van der Waals surface area contributed by atoms with Crippen molar-refractivity contribution in [3.8, 4) is 0 Å². The number of alkyl carbamates (subject to hydrolysis) is 1. The summed E-state index contributed by atoms with van der Waals surface area (Å²) in [7, 11) is 1.65. The van der Waals surface area contributed by atoms with E-state index in [2.05, 4.69) is 10.6 Å². The van der Waals surface area contributed by atoms with Gasteiger partial charge in [0.1, 0.15) is 5.60 Å². The molecule has 0 saturated carbocycles. The molecule has 0 aromatic heterocycles. The molecule has 0 bridgehead atoms. The van der Waals surface area contributed by atoms with Gasteiger partial charge in [0.05, 0.1) is 5.54 Å². The van der Waals surface area contributed by atoms with Gasteiger partial charge in [-0.1, -0.05) is 17.7 Å². The first-order chi connectivity index (χ1) is 10.9. The highest BCUT2D eigenvalue weighted by molar-refractivity contribution is 6.30. The van der Waals surface area contributed by atoms with Crippen molar-refractivity contribution in [2.24, 2.45) is 0 Å². The zero-order valence-corrected chi connectivity index (χ0v) is 15.8. The van der Waals surface area contributed by atoms with Gasteiger partial charge in [-0.2, -0.15) is 0 Å². The number of benzene rings is 1. The number of anilines is 1. The summed E-state index contributed by atoms with van der Waals surface area (Å²) in [6, 6.07) is 6.61. The van der Waals surface area contributed by atoms with Crippen LogP contribution >= 0.6 is 11.6 Å². The predicted molar refractivity (Wildman–Crippen MR) is 96.5 cm³/mol. The number of carbonyl (C=O) groups is 2. The number of amides is 3. The second-order valence-corrected chi connectivity index (χ2v) is 7.74. The molecule has 0 fully saturated rings. The minimum Gasteiger partial charge on any atom is -0.444 e. The molecule has 134 valence electrons. The fourth-order valence-electron chi connectivity index (χ4n) is 2.07. The van der Waals surface area contributed by atoms with E-state index in [0.29, 0.717) is 17.3 Å². The summed E-state index contributed by atoms with van der Waals surface area (Å²) in [5.74, 6) is 0. The third-order valence-electron chi connectivity index (χ3n) is 2.89. The van der Waals surface area contributed by atoms with Gasteiger partial charge in [0.15, 0.2) is 0 Å². The van der Waals surface area contributed by atoms with Gasteiger partial charge in [-0.25, -0.2) is 9.59 Å². The van der Waals surface area contributed by atoms with Crippen LogP contribution in [-0.2, 0) is 4.74 Å². The number of nitrogens with zero attached hydrogens (tertiary/aromatic N) is 1. The van der Waals surface area contributed by atoms with E-state index in [-0.39, 0.29) is 6.03 Å². The van der Waals surface area contributed by atoms with Crippen molar-refractivity contribution in [1.29, 1.82) is 0 Å². The molecule has 0 heterocycles. The van der Waals surface area contributed by atoms with Gasteiger partial charge >= 0.3 is 12.1 Å². The average Bonchev–Trinajstić information content (AvgIpc) is 2.34. The molecule has 24 heavy (non-hydrogen) atoms. The number of halogens is 1. The number of carbonyl (C=O) groups excluding carboxylic acids is 2. The number of urea groups is 1. The van der Waals surface area contributed by atoms with Crippen LogP contribution in [0.15, 0.2) is 24.3 Å². The van der Waals surface area contributed by atoms with E-state index in [1.54, 1.807) is 52.1 Å². The molecule has 0 unspecified atom stereocenters. The second-order valence-electron chi connectivity index (χ2n) is 7.31. The van der Waals surface area contributed by atoms with Crippen molar-refractivity contribution in [2.75, 3.05) is 18.9 Å². The third kappa shape index (κ3) is 7.55. The summed E-state index contributed by atoms with van der Waals surface area (Å²) in [6.07, 6.45) is -0.517. The molecule has 0 saturated heterocycles. The Labute approximate surface area is 148 Å². The minimum absolute atomic E-state index is 0.295. The Morgan fingerprint density at radius 2 is 1.83 bits per heavy atom. The highest BCUT2D eigenvalue weighted by Crippen LogP contribution is 2.16. The Kier molecular flexibility index (Phi) is 6.49. The molecule has 6 nitrogen and oxygen atoms in total. The van der Waals surface area contributed by atoms with E-state index in [0.717, 1.165) is 0 Å². The maximum Gasteiger partial charge on any atom is 0.408 e. The summed E-state index contributed by atoms with van der Waals surface area (Å²) in [5.41, 5.74) is -0.615. The molecule has 7 heteroatoms. The van der Waals surface area contributed by atoms with Crippen molar-refractivity contribution in [3.05, 3.63) is 29.3 Å². The monoisotopic (exact) mass is 355 g/mol. The normalized spacial score (nSPS) is 11.6. The maximum absolute atomic E-state index is 12.2. The highest BCUT2D eigenvalue weighted by Gasteiger charge is 2.27. The molecule has 1 aromatic rings. The molecule has 1 rings (SSSR count). The lowest BCUT2D eigenvalue weighted by Crippen LogP contribution is -2.53. The number of nitrogens with one attached hydrogen (secondary N) is 2. The first-order valence-electron chi connectivity index (χ1n) is 7.67. The van der Waals surface area contributed by atoms with Crippen molar-refractivity contribution in [3.63, 3.8) is 0 Å². The number of hydrogen-bond donors (Lipinski definition) is 2. The Morgan fingerprint density at radius 3 is 2.38 bits per heavy atom. The average molecular weight is 356 g/mol. The molecule has 0 aliphatic carbocycles. The van der Waals surface area contributed by atoms with Crippen LogP contribution in [0, 0.1) is 0 Å². The minimum atomic E-state index is -0.650. The maximum atomic E-state index is 12.2. The Hall–Kier alpha value is -1.95. The van der Waals surface area contributed by atoms with Gasteiger partial charge in [0, 0.05) is 24.3 Å².